The van der Waals surface area contributed by atoms with Gasteiger partial charge in [-0.3, -0.25) is 0 Å². The number of thiol groups is 1. The van der Waals surface area contributed by atoms with Crippen LogP contribution < -0.4 is 0 Å². The maximum Gasteiger partial charge on any atom is 0.0659 e. The molecule has 0 spiro atoms. The molecule has 48 valence electrons. The lowest BCUT2D eigenvalue weighted by Crippen LogP contribution is -1.75. The van der Waals surface area contributed by atoms with Gasteiger partial charge in [-0.05, 0) is 12.1 Å². The Morgan fingerprint density at radius 1 is 1.33 bits per heavy atom. The second-order valence-electron chi connectivity index (χ2n) is 1.32. The zero-order valence-electron chi connectivity index (χ0n) is 4.51. The van der Waals surface area contributed by atoms with Crippen molar-refractivity contribution in [3.8, 4) is 0 Å². The van der Waals surface area contributed by atoms with Crippen LogP contribution >= 0.6 is 22.6 Å². The second-order valence-corrected chi connectivity index (χ2v) is 2.13. The highest BCUT2D eigenvalue weighted by molar-refractivity contribution is 8.68. The Labute approximate surface area is 62.1 Å². The number of hydrogen-bond acceptors (Lipinski definition) is 4. The van der Waals surface area contributed by atoms with Crippen LogP contribution in [0.4, 0.5) is 0 Å². The number of hydrogen-bond donors (Lipinski definition) is 1. The lowest BCUT2D eigenvalue weighted by molar-refractivity contribution is 0.830. The van der Waals surface area contributed by atoms with Crippen LogP contribution in [0, 0.1) is 0 Å². The first-order chi connectivity index (χ1) is 4.43. The Hall–Kier alpha value is -0.420. The van der Waals surface area contributed by atoms with E-state index < -0.39 is 0 Å². The molecule has 0 aliphatic carbocycles. The van der Waals surface area contributed by atoms with Gasteiger partial charge in [-0.2, -0.15) is 0 Å². The minimum Gasteiger partial charge on any atom is -0.229 e. The lowest BCUT2D eigenvalue weighted by Gasteiger charge is -1.84. The molecule has 1 aromatic heterocycles. The summed E-state index contributed by atoms with van der Waals surface area (Å²) in [5.41, 5.74) is 0. The van der Waals surface area contributed by atoms with Crippen LogP contribution in [0.25, 0.3) is 0 Å². The molecule has 0 aromatic carbocycles. The molecule has 1 aromatic rings. The normalized spacial score (nSPS) is 10.8. The molecule has 0 atom stereocenters. The maximum atomic E-state index is 3.77. The van der Waals surface area contributed by atoms with Crippen molar-refractivity contribution in [2.45, 2.75) is 0 Å². The van der Waals surface area contributed by atoms with Crippen molar-refractivity contribution in [1.82, 2.24) is 4.68 Å². The van der Waals surface area contributed by atoms with Crippen molar-refractivity contribution in [3.05, 3.63) is 24.5 Å². The van der Waals surface area contributed by atoms with Crippen molar-refractivity contribution < 1.29 is 0 Å². The van der Waals surface area contributed by atoms with Gasteiger partial charge >= 0.3 is 0 Å². The Morgan fingerprint density at radius 2 is 2.00 bits per heavy atom. The van der Waals surface area contributed by atoms with E-state index in [-0.39, 0.29) is 0 Å². The molecular formula is C4H5N3S2. The Bertz CT molecular complexity index is 182. The molecule has 1 heterocycles. The van der Waals surface area contributed by atoms with Crippen LogP contribution in [0.15, 0.2) is 34.3 Å². The van der Waals surface area contributed by atoms with Crippen LogP contribution in [0.3, 0.4) is 0 Å². The average Bonchev–Trinajstić information content (AvgIpc) is 2.34. The molecule has 0 amide bonds. The summed E-state index contributed by atoms with van der Waals surface area (Å²) < 4.78 is 5.18. The van der Waals surface area contributed by atoms with E-state index in [0.29, 0.717) is 0 Å². The third-order valence-electron chi connectivity index (χ3n) is 0.765. The molecule has 9 heavy (non-hydrogen) atoms. The third kappa shape index (κ3) is 2.11. The number of rotatable bonds is 2. The van der Waals surface area contributed by atoms with Gasteiger partial charge in [0.05, 0.1) is 11.0 Å². The largest absolute Gasteiger partial charge is 0.229 e. The van der Waals surface area contributed by atoms with E-state index in [1.165, 1.54) is 0 Å². The standard InChI is InChI=1S/C4H5N3S2/c8-9-6-5-7-3-1-2-4-7/h1-4,8H/b6-5+. The first-order valence-corrected chi connectivity index (χ1v) is 4.11. The maximum absolute atomic E-state index is 3.77. The summed E-state index contributed by atoms with van der Waals surface area (Å²) in [5.74, 6) is 0. The van der Waals surface area contributed by atoms with Crippen molar-refractivity contribution >= 4 is 22.6 Å². The molecule has 0 N–H and O–H groups in total. The van der Waals surface area contributed by atoms with E-state index >= 15 is 0 Å². The number of aromatic nitrogens is 1. The van der Waals surface area contributed by atoms with Gasteiger partial charge in [0.25, 0.3) is 0 Å². The Morgan fingerprint density at radius 3 is 2.56 bits per heavy atom. The minimum absolute atomic E-state index is 1.03. The van der Waals surface area contributed by atoms with Crippen molar-refractivity contribution in [1.29, 1.82) is 0 Å². The average molecular weight is 159 g/mol. The molecule has 0 saturated carbocycles. The highest BCUT2D eigenvalue weighted by atomic mass is 33.1. The summed E-state index contributed by atoms with van der Waals surface area (Å²) >= 11 is 3.77. The van der Waals surface area contributed by atoms with Crippen LogP contribution in [-0.4, -0.2) is 4.68 Å². The smallest absolute Gasteiger partial charge is 0.0659 e. The van der Waals surface area contributed by atoms with Crippen molar-refractivity contribution in [3.63, 3.8) is 0 Å². The summed E-state index contributed by atoms with van der Waals surface area (Å²) in [4.78, 5) is 0. The zero-order valence-corrected chi connectivity index (χ0v) is 6.22. The van der Waals surface area contributed by atoms with Gasteiger partial charge in [0.2, 0.25) is 0 Å². The highest BCUT2D eigenvalue weighted by Gasteiger charge is 1.78. The van der Waals surface area contributed by atoms with E-state index in [2.05, 4.69) is 21.4 Å². The van der Waals surface area contributed by atoms with Gasteiger partial charge in [-0.15, -0.1) is 0 Å². The Kier molecular flexibility index (Phi) is 2.66. The topological polar surface area (TPSA) is 29.6 Å². The van der Waals surface area contributed by atoms with Gasteiger partial charge in [0, 0.05) is 12.4 Å². The molecule has 1 rings (SSSR count). The fourth-order valence-corrected chi connectivity index (χ4v) is 0.659. The molecule has 5 heteroatoms. The molecule has 0 radical (unpaired) electrons. The summed E-state index contributed by atoms with van der Waals surface area (Å²) in [6.45, 7) is 0. The van der Waals surface area contributed by atoms with Gasteiger partial charge in [-0.1, -0.05) is 21.4 Å². The molecule has 0 bridgehead atoms. The Balaban J connectivity index is 2.57. The fourth-order valence-electron chi connectivity index (χ4n) is 0.444. The van der Waals surface area contributed by atoms with E-state index in [9.17, 15) is 0 Å². The predicted molar refractivity (Wildman–Crippen MR) is 41.3 cm³/mol. The summed E-state index contributed by atoms with van der Waals surface area (Å²) in [7, 11) is 1.03. The van der Waals surface area contributed by atoms with Gasteiger partial charge in [-0.25, -0.2) is 4.68 Å². The first-order valence-electron chi connectivity index (χ1n) is 2.28. The molecule has 3 nitrogen and oxygen atoms in total. The summed E-state index contributed by atoms with van der Waals surface area (Å²) in [6.07, 6.45) is 3.60. The van der Waals surface area contributed by atoms with Gasteiger partial charge in [0.1, 0.15) is 0 Å². The first kappa shape index (κ1) is 6.70. The fraction of sp³-hybridized carbons (Fsp3) is 0. The molecular weight excluding hydrogens is 154 g/mol. The minimum atomic E-state index is 1.03. The quantitative estimate of drug-likeness (QED) is 0.305. The van der Waals surface area contributed by atoms with Crippen molar-refractivity contribution in [2.75, 3.05) is 0 Å². The summed E-state index contributed by atoms with van der Waals surface area (Å²) in [6, 6.07) is 3.75. The molecule has 0 aliphatic rings. The molecule has 0 saturated heterocycles. The van der Waals surface area contributed by atoms with Crippen molar-refractivity contribution in [2.24, 2.45) is 9.74 Å². The molecule has 0 fully saturated rings. The predicted octanol–water partition coefficient (Wildman–Crippen LogP) is 2.20. The van der Waals surface area contributed by atoms with Crippen LogP contribution in [0.5, 0.6) is 0 Å². The zero-order chi connectivity index (χ0) is 6.53. The van der Waals surface area contributed by atoms with E-state index in [4.69, 9.17) is 0 Å². The van der Waals surface area contributed by atoms with E-state index in [0.717, 1.165) is 11.0 Å². The summed E-state index contributed by atoms with van der Waals surface area (Å²) in [5, 5.41) is 3.71. The SMILES string of the molecule is SS/N=N/n1cccc1. The van der Waals surface area contributed by atoms with Crippen LogP contribution in [0.1, 0.15) is 0 Å². The van der Waals surface area contributed by atoms with Gasteiger partial charge < -0.3 is 0 Å². The third-order valence-corrected chi connectivity index (χ3v) is 1.13. The molecule has 0 aliphatic heterocycles. The van der Waals surface area contributed by atoms with E-state index in [1.54, 1.807) is 17.1 Å². The van der Waals surface area contributed by atoms with Crippen LogP contribution in [0.2, 0.25) is 0 Å². The monoisotopic (exact) mass is 159 g/mol. The lowest BCUT2D eigenvalue weighted by atomic mass is 10.7. The van der Waals surface area contributed by atoms with Crippen LogP contribution in [-0.2, 0) is 0 Å². The van der Waals surface area contributed by atoms with E-state index in [1.807, 2.05) is 12.1 Å². The molecule has 0 unspecified atom stereocenters. The number of nitrogens with zero attached hydrogens (tertiary/aromatic N) is 3. The van der Waals surface area contributed by atoms with Gasteiger partial charge in [0.15, 0.2) is 0 Å². The second kappa shape index (κ2) is 3.58. The highest BCUT2D eigenvalue weighted by Crippen LogP contribution is 2.06.